The van der Waals surface area contributed by atoms with Crippen LogP contribution in [0.2, 0.25) is 0 Å². The van der Waals surface area contributed by atoms with E-state index in [9.17, 15) is 0 Å². The van der Waals surface area contributed by atoms with Crippen LogP contribution in [0.25, 0.3) is 10.8 Å². The van der Waals surface area contributed by atoms with Crippen LogP contribution in [0.3, 0.4) is 0 Å². The molecule has 3 N–H and O–H groups in total. The molecule has 12 heavy (non-hydrogen) atoms. The molecule has 0 amide bonds. The van der Waals surface area contributed by atoms with Crippen molar-refractivity contribution >= 4 is 16.5 Å². The number of hydrazine groups is 1. The molecule has 0 bridgehead atoms. The van der Waals surface area contributed by atoms with Gasteiger partial charge in [0.25, 0.3) is 0 Å². The van der Waals surface area contributed by atoms with Crippen molar-refractivity contribution in [1.29, 1.82) is 0 Å². The fourth-order valence-corrected chi connectivity index (χ4v) is 1.17. The molecule has 1 aromatic carbocycles. The van der Waals surface area contributed by atoms with E-state index in [2.05, 4.69) is 10.4 Å². The molecular formula is C9H9N3. The van der Waals surface area contributed by atoms with Crippen molar-refractivity contribution in [3.63, 3.8) is 0 Å². The summed E-state index contributed by atoms with van der Waals surface area (Å²) in [6.07, 6.45) is 3.60. The number of anilines is 1. The normalized spacial score (nSPS) is 10.1. The Morgan fingerprint density at radius 3 is 2.92 bits per heavy atom. The van der Waals surface area contributed by atoms with Gasteiger partial charge in [-0.2, -0.15) is 0 Å². The van der Waals surface area contributed by atoms with E-state index in [1.54, 1.807) is 6.20 Å². The summed E-state index contributed by atoms with van der Waals surface area (Å²) in [6.45, 7) is 0. The van der Waals surface area contributed by atoms with Gasteiger partial charge >= 0.3 is 0 Å². The zero-order chi connectivity index (χ0) is 8.39. The van der Waals surface area contributed by atoms with Gasteiger partial charge in [0.2, 0.25) is 0 Å². The van der Waals surface area contributed by atoms with Gasteiger partial charge in [0.15, 0.2) is 0 Å². The van der Waals surface area contributed by atoms with E-state index in [-0.39, 0.29) is 0 Å². The quantitative estimate of drug-likeness (QED) is 0.490. The first-order valence-corrected chi connectivity index (χ1v) is 3.70. The summed E-state index contributed by atoms with van der Waals surface area (Å²) in [5.41, 5.74) is 3.51. The molecule has 0 saturated heterocycles. The number of fused-ring (bicyclic) bond motifs is 1. The monoisotopic (exact) mass is 159 g/mol. The van der Waals surface area contributed by atoms with Gasteiger partial charge in [0, 0.05) is 23.5 Å². The van der Waals surface area contributed by atoms with Crippen molar-refractivity contribution < 1.29 is 0 Å². The van der Waals surface area contributed by atoms with Crippen LogP contribution in [0.15, 0.2) is 36.7 Å². The topological polar surface area (TPSA) is 50.9 Å². The molecule has 2 aromatic rings. The Morgan fingerprint density at radius 1 is 1.17 bits per heavy atom. The molecule has 1 heterocycles. The number of nitrogens with one attached hydrogen (secondary N) is 1. The average Bonchev–Trinajstić information content (AvgIpc) is 2.17. The van der Waals surface area contributed by atoms with Crippen LogP contribution in [0.4, 0.5) is 5.69 Å². The molecule has 1 aromatic heterocycles. The van der Waals surface area contributed by atoms with E-state index in [1.807, 2.05) is 30.5 Å². The first-order valence-electron chi connectivity index (χ1n) is 3.70. The number of nitrogens with two attached hydrogens (primary N) is 1. The predicted octanol–water partition coefficient (Wildman–Crippen LogP) is 1.52. The van der Waals surface area contributed by atoms with Crippen molar-refractivity contribution in [2.75, 3.05) is 5.43 Å². The van der Waals surface area contributed by atoms with E-state index < -0.39 is 0 Å². The van der Waals surface area contributed by atoms with E-state index in [4.69, 9.17) is 5.84 Å². The third-order valence-electron chi connectivity index (χ3n) is 1.81. The number of pyridine rings is 1. The van der Waals surface area contributed by atoms with Crippen LogP contribution >= 0.6 is 0 Å². The molecule has 0 aliphatic rings. The second-order valence-corrected chi connectivity index (χ2v) is 2.58. The van der Waals surface area contributed by atoms with Crippen molar-refractivity contribution in [1.82, 2.24) is 4.98 Å². The minimum Gasteiger partial charge on any atom is -0.324 e. The Labute approximate surface area is 70.2 Å². The molecule has 0 aliphatic carbocycles. The van der Waals surface area contributed by atoms with Crippen LogP contribution in [-0.2, 0) is 0 Å². The number of nitrogen functional groups attached to an aromatic ring is 1. The fraction of sp³-hybridized carbons (Fsp3) is 0. The lowest BCUT2D eigenvalue weighted by Gasteiger charge is -2.00. The van der Waals surface area contributed by atoms with E-state index in [1.165, 1.54) is 0 Å². The van der Waals surface area contributed by atoms with Gasteiger partial charge in [0.1, 0.15) is 0 Å². The fourth-order valence-electron chi connectivity index (χ4n) is 1.17. The molecule has 0 spiro atoms. The van der Waals surface area contributed by atoms with Crippen LogP contribution in [-0.4, -0.2) is 4.98 Å². The molecule has 0 saturated carbocycles. The SMILES string of the molecule is NNc1ccc2cnccc2c1. The lowest BCUT2D eigenvalue weighted by atomic mass is 10.1. The van der Waals surface area contributed by atoms with Gasteiger partial charge < -0.3 is 5.43 Å². The zero-order valence-electron chi connectivity index (χ0n) is 6.49. The summed E-state index contributed by atoms with van der Waals surface area (Å²) in [7, 11) is 0. The van der Waals surface area contributed by atoms with Gasteiger partial charge in [-0.3, -0.25) is 10.8 Å². The molecule has 3 heteroatoms. The summed E-state index contributed by atoms with van der Waals surface area (Å²) in [5.74, 6) is 5.28. The maximum absolute atomic E-state index is 5.28. The van der Waals surface area contributed by atoms with Gasteiger partial charge in [0.05, 0.1) is 0 Å². The number of aromatic nitrogens is 1. The maximum atomic E-state index is 5.28. The highest BCUT2D eigenvalue weighted by atomic mass is 15.2. The van der Waals surface area contributed by atoms with E-state index >= 15 is 0 Å². The highest BCUT2D eigenvalue weighted by Crippen LogP contribution is 2.16. The molecule has 2 rings (SSSR count). The van der Waals surface area contributed by atoms with Gasteiger partial charge in [-0.05, 0) is 23.6 Å². The summed E-state index contributed by atoms with van der Waals surface area (Å²) in [4.78, 5) is 4.02. The number of hydrogen-bond acceptors (Lipinski definition) is 3. The van der Waals surface area contributed by atoms with Crippen LogP contribution in [0.1, 0.15) is 0 Å². The van der Waals surface area contributed by atoms with Crippen LogP contribution in [0, 0.1) is 0 Å². The highest BCUT2D eigenvalue weighted by molar-refractivity contribution is 5.84. The van der Waals surface area contributed by atoms with Crippen LogP contribution < -0.4 is 11.3 Å². The second-order valence-electron chi connectivity index (χ2n) is 2.58. The molecular weight excluding hydrogens is 150 g/mol. The Morgan fingerprint density at radius 2 is 2.08 bits per heavy atom. The third-order valence-corrected chi connectivity index (χ3v) is 1.81. The van der Waals surface area contributed by atoms with Crippen molar-refractivity contribution in [2.24, 2.45) is 5.84 Å². The minimum absolute atomic E-state index is 0.911. The number of nitrogens with zero attached hydrogens (tertiary/aromatic N) is 1. The molecule has 3 nitrogen and oxygen atoms in total. The maximum Gasteiger partial charge on any atom is 0.0491 e. The molecule has 0 radical (unpaired) electrons. The Hall–Kier alpha value is -1.61. The summed E-state index contributed by atoms with van der Waals surface area (Å²) >= 11 is 0. The summed E-state index contributed by atoms with van der Waals surface area (Å²) in [6, 6.07) is 7.84. The molecule has 0 aliphatic heterocycles. The average molecular weight is 159 g/mol. The van der Waals surface area contributed by atoms with Gasteiger partial charge in [-0.25, -0.2) is 0 Å². The van der Waals surface area contributed by atoms with E-state index in [0.717, 1.165) is 16.5 Å². The third kappa shape index (κ3) is 1.10. The Kier molecular flexibility index (Phi) is 1.64. The number of hydrogen-bond donors (Lipinski definition) is 2. The van der Waals surface area contributed by atoms with Crippen molar-refractivity contribution in [3.8, 4) is 0 Å². The lowest BCUT2D eigenvalue weighted by molar-refractivity contribution is 1.34. The van der Waals surface area contributed by atoms with E-state index in [0.29, 0.717) is 0 Å². The molecule has 60 valence electrons. The zero-order valence-corrected chi connectivity index (χ0v) is 6.49. The summed E-state index contributed by atoms with van der Waals surface area (Å²) < 4.78 is 0. The first kappa shape index (κ1) is 7.06. The second kappa shape index (κ2) is 2.79. The highest BCUT2D eigenvalue weighted by Gasteiger charge is 1.92. The predicted molar refractivity (Wildman–Crippen MR) is 49.6 cm³/mol. The summed E-state index contributed by atoms with van der Waals surface area (Å²) in [5, 5.41) is 2.26. The minimum atomic E-state index is 0.911. The lowest BCUT2D eigenvalue weighted by Crippen LogP contribution is -2.06. The van der Waals surface area contributed by atoms with Crippen molar-refractivity contribution in [2.45, 2.75) is 0 Å². The Bertz CT molecular complexity index is 398. The first-order chi connectivity index (χ1) is 5.90. The Balaban J connectivity index is 2.67. The number of rotatable bonds is 1. The van der Waals surface area contributed by atoms with Gasteiger partial charge in [-0.1, -0.05) is 6.07 Å². The largest absolute Gasteiger partial charge is 0.324 e. The standard InChI is InChI=1S/C9H9N3/c10-12-9-2-1-8-6-11-4-3-7(8)5-9/h1-6,12H,10H2. The molecule has 0 unspecified atom stereocenters. The molecule has 0 fully saturated rings. The molecule has 0 atom stereocenters. The van der Waals surface area contributed by atoms with Crippen LogP contribution in [0.5, 0.6) is 0 Å². The smallest absolute Gasteiger partial charge is 0.0491 e. The van der Waals surface area contributed by atoms with Crippen molar-refractivity contribution in [3.05, 3.63) is 36.7 Å². The van der Waals surface area contributed by atoms with Gasteiger partial charge in [-0.15, -0.1) is 0 Å². The number of benzene rings is 1.